The smallest absolute Gasteiger partial charge is 0.160 e. The van der Waals surface area contributed by atoms with Gasteiger partial charge in [-0.15, -0.1) is 0 Å². The minimum Gasteiger partial charge on any atom is -0.297 e. The van der Waals surface area contributed by atoms with Crippen molar-refractivity contribution in [1.82, 2.24) is 19.7 Å². The van der Waals surface area contributed by atoms with Gasteiger partial charge in [-0.05, 0) is 32.9 Å². The van der Waals surface area contributed by atoms with Gasteiger partial charge >= 0.3 is 0 Å². The number of nitrogens with zero attached hydrogens (tertiary/aromatic N) is 4. The first kappa shape index (κ1) is 16.8. The van der Waals surface area contributed by atoms with Crippen molar-refractivity contribution in [2.75, 3.05) is 13.1 Å². The molecule has 114 valence electrons. The van der Waals surface area contributed by atoms with Gasteiger partial charge in [-0.1, -0.05) is 27.7 Å². The van der Waals surface area contributed by atoms with Crippen molar-refractivity contribution in [3.05, 3.63) is 12.2 Å². The monoisotopic (exact) mass is 280 g/mol. The zero-order chi connectivity index (χ0) is 15.2. The topological polar surface area (TPSA) is 51.0 Å². The summed E-state index contributed by atoms with van der Waals surface area (Å²) in [6.45, 7) is 13.0. The lowest BCUT2D eigenvalue weighted by molar-refractivity contribution is -0.130. The molecule has 1 aromatic heterocycles. The van der Waals surface area contributed by atoms with Crippen LogP contribution in [0.15, 0.2) is 6.33 Å². The molecule has 5 nitrogen and oxygen atoms in total. The highest BCUT2D eigenvalue weighted by Crippen LogP contribution is 2.22. The molecule has 5 heteroatoms. The average Bonchev–Trinajstić information content (AvgIpc) is 2.87. The Morgan fingerprint density at radius 2 is 1.95 bits per heavy atom. The number of aromatic nitrogens is 3. The number of rotatable bonds is 9. The number of likely N-dealkylation sites (N-methyl/N-ethyl adjacent to an activating group) is 1. The summed E-state index contributed by atoms with van der Waals surface area (Å²) in [5, 5.41) is 4.19. The van der Waals surface area contributed by atoms with E-state index in [1.165, 1.54) is 0 Å². The van der Waals surface area contributed by atoms with Gasteiger partial charge in [0, 0.05) is 6.54 Å². The number of Topliss-reactive ketones (excluding diaryl/α,β-unsaturated/α-hetero) is 1. The number of hydrogen-bond acceptors (Lipinski definition) is 4. The van der Waals surface area contributed by atoms with Gasteiger partial charge in [0.25, 0.3) is 0 Å². The zero-order valence-electron chi connectivity index (χ0n) is 13.5. The van der Waals surface area contributed by atoms with Crippen LogP contribution in [0.25, 0.3) is 0 Å². The molecule has 1 heterocycles. The molecule has 0 spiro atoms. The molecule has 1 rings (SSSR count). The van der Waals surface area contributed by atoms with Crippen molar-refractivity contribution in [2.45, 2.75) is 66.0 Å². The molecule has 0 aliphatic rings. The van der Waals surface area contributed by atoms with E-state index in [2.05, 4.69) is 42.7 Å². The van der Waals surface area contributed by atoms with Crippen molar-refractivity contribution in [2.24, 2.45) is 0 Å². The van der Waals surface area contributed by atoms with Crippen LogP contribution in [-0.2, 0) is 17.8 Å². The summed E-state index contributed by atoms with van der Waals surface area (Å²) < 4.78 is 1.84. The first-order valence-electron chi connectivity index (χ1n) is 7.68. The van der Waals surface area contributed by atoms with Gasteiger partial charge in [-0.2, -0.15) is 5.10 Å². The van der Waals surface area contributed by atoms with E-state index in [0.717, 1.165) is 38.3 Å². The third kappa shape index (κ3) is 3.45. The normalized spacial score (nSPS) is 14.5. The highest BCUT2D eigenvalue weighted by Gasteiger charge is 2.36. The molecular formula is C15H28N4O. The molecule has 0 fully saturated rings. The molecule has 1 atom stereocenters. The van der Waals surface area contributed by atoms with Crippen molar-refractivity contribution in [1.29, 1.82) is 0 Å². The molecule has 0 radical (unpaired) electrons. The second-order valence-corrected chi connectivity index (χ2v) is 5.30. The van der Waals surface area contributed by atoms with Crippen LogP contribution in [0.5, 0.6) is 0 Å². The standard InChI is InChI=1S/C15H28N4O/c1-6-10-19-14(16-12-17-19)11-13(20)15(5,7-2)18(8-3)9-4/h12H,6-11H2,1-5H3. The minimum absolute atomic E-state index is 0.231. The Labute approximate surface area is 122 Å². The number of ketones is 1. The summed E-state index contributed by atoms with van der Waals surface area (Å²) >= 11 is 0. The summed E-state index contributed by atoms with van der Waals surface area (Å²) in [5.74, 6) is 1.01. The number of aryl methyl sites for hydroxylation is 1. The van der Waals surface area contributed by atoms with Gasteiger partial charge in [-0.25, -0.2) is 9.67 Å². The highest BCUT2D eigenvalue weighted by atomic mass is 16.1. The fourth-order valence-electron chi connectivity index (χ4n) is 2.68. The second kappa shape index (κ2) is 7.53. The molecular weight excluding hydrogens is 252 g/mol. The van der Waals surface area contributed by atoms with E-state index in [-0.39, 0.29) is 5.78 Å². The quantitative estimate of drug-likeness (QED) is 0.696. The lowest BCUT2D eigenvalue weighted by Crippen LogP contribution is -2.52. The van der Waals surface area contributed by atoms with E-state index in [4.69, 9.17) is 0 Å². The molecule has 20 heavy (non-hydrogen) atoms. The van der Waals surface area contributed by atoms with E-state index in [0.29, 0.717) is 6.42 Å². The molecule has 0 bridgehead atoms. The van der Waals surface area contributed by atoms with Gasteiger partial charge in [0.1, 0.15) is 12.2 Å². The molecule has 0 aliphatic carbocycles. The first-order chi connectivity index (χ1) is 9.53. The molecule has 0 aromatic carbocycles. The second-order valence-electron chi connectivity index (χ2n) is 5.30. The first-order valence-corrected chi connectivity index (χ1v) is 7.68. The Bertz CT molecular complexity index is 425. The summed E-state index contributed by atoms with van der Waals surface area (Å²) in [6.07, 6.45) is 3.71. The SMILES string of the molecule is CCCn1ncnc1CC(=O)C(C)(CC)N(CC)CC. The maximum absolute atomic E-state index is 12.8. The van der Waals surface area contributed by atoms with Crippen LogP contribution in [0.3, 0.4) is 0 Å². The van der Waals surface area contributed by atoms with Crippen LogP contribution in [0.1, 0.15) is 53.3 Å². The highest BCUT2D eigenvalue weighted by molar-refractivity contribution is 5.89. The van der Waals surface area contributed by atoms with Gasteiger partial charge < -0.3 is 0 Å². The fourth-order valence-corrected chi connectivity index (χ4v) is 2.68. The van der Waals surface area contributed by atoms with Gasteiger partial charge in [0.2, 0.25) is 0 Å². The average molecular weight is 280 g/mol. The molecule has 0 saturated heterocycles. The maximum atomic E-state index is 12.8. The number of carbonyl (C=O) groups is 1. The Morgan fingerprint density at radius 3 is 2.45 bits per heavy atom. The van der Waals surface area contributed by atoms with Crippen molar-refractivity contribution in [3.8, 4) is 0 Å². The Hall–Kier alpha value is -1.23. The van der Waals surface area contributed by atoms with Crippen LogP contribution in [-0.4, -0.2) is 44.1 Å². The molecule has 0 saturated carbocycles. The summed E-state index contributed by atoms with van der Waals surface area (Å²) in [6, 6.07) is 0. The predicted molar refractivity (Wildman–Crippen MR) is 80.6 cm³/mol. The molecule has 0 amide bonds. The molecule has 1 unspecified atom stereocenters. The fraction of sp³-hybridized carbons (Fsp3) is 0.800. The number of hydrogen-bond donors (Lipinski definition) is 0. The third-order valence-electron chi connectivity index (χ3n) is 4.20. The maximum Gasteiger partial charge on any atom is 0.160 e. The Kier molecular flexibility index (Phi) is 6.33. The van der Waals surface area contributed by atoms with Crippen LogP contribution in [0.2, 0.25) is 0 Å². The van der Waals surface area contributed by atoms with Gasteiger partial charge in [0.05, 0.1) is 12.0 Å². The van der Waals surface area contributed by atoms with Gasteiger partial charge in [-0.3, -0.25) is 9.69 Å². The lowest BCUT2D eigenvalue weighted by atomic mass is 9.88. The van der Waals surface area contributed by atoms with E-state index in [9.17, 15) is 4.79 Å². The summed E-state index contributed by atoms with van der Waals surface area (Å²) in [5.41, 5.74) is -0.410. The van der Waals surface area contributed by atoms with E-state index in [1.54, 1.807) is 6.33 Å². The zero-order valence-corrected chi connectivity index (χ0v) is 13.5. The van der Waals surface area contributed by atoms with Crippen LogP contribution in [0, 0.1) is 0 Å². The van der Waals surface area contributed by atoms with E-state index < -0.39 is 5.54 Å². The lowest BCUT2D eigenvalue weighted by Gasteiger charge is -2.38. The Morgan fingerprint density at radius 1 is 1.30 bits per heavy atom. The molecule has 0 N–H and O–H groups in total. The summed E-state index contributed by atoms with van der Waals surface area (Å²) in [7, 11) is 0. The molecule has 1 aromatic rings. The Balaban J connectivity index is 2.89. The number of carbonyl (C=O) groups excluding carboxylic acids is 1. The van der Waals surface area contributed by atoms with Gasteiger partial charge in [0.15, 0.2) is 5.78 Å². The van der Waals surface area contributed by atoms with Crippen molar-refractivity contribution >= 4 is 5.78 Å². The minimum atomic E-state index is -0.410. The largest absolute Gasteiger partial charge is 0.297 e. The van der Waals surface area contributed by atoms with Crippen LogP contribution < -0.4 is 0 Å². The predicted octanol–water partition coefficient (Wildman–Crippen LogP) is 2.31. The van der Waals surface area contributed by atoms with Crippen molar-refractivity contribution < 1.29 is 4.79 Å². The molecule has 0 aliphatic heterocycles. The van der Waals surface area contributed by atoms with E-state index >= 15 is 0 Å². The van der Waals surface area contributed by atoms with E-state index in [1.807, 2.05) is 11.6 Å². The van der Waals surface area contributed by atoms with Crippen molar-refractivity contribution in [3.63, 3.8) is 0 Å². The third-order valence-corrected chi connectivity index (χ3v) is 4.20. The summed E-state index contributed by atoms with van der Waals surface area (Å²) in [4.78, 5) is 19.2. The van der Waals surface area contributed by atoms with Crippen LogP contribution >= 0.6 is 0 Å². The van der Waals surface area contributed by atoms with Crippen LogP contribution in [0.4, 0.5) is 0 Å².